The quantitative estimate of drug-likeness (QED) is 0.210. The second-order valence-electron chi connectivity index (χ2n) is 8.73. The van der Waals surface area contributed by atoms with Gasteiger partial charge in [0.25, 0.3) is 0 Å². The van der Waals surface area contributed by atoms with Gasteiger partial charge in [0.05, 0.1) is 23.8 Å². The number of rotatable bonds is 11. The third-order valence-electron chi connectivity index (χ3n) is 6.54. The van der Waals surface area contributed by atoms with Gasteiger partial charge in [-0.3, -0.25) is 0 Å². The van der Waals surface area contributed by atoms with Crippen molar-refractivity contribution >= 4 is 51.5 Å². The fourth-order valence-corrected chi connectivity index (χ4v) is 4.77. The number of hydrogen-bond donors (Lipinski definition) is 1. The van der Waals surface area contributed by atoms with Crippen molar-refractivity contribution in [2.75, 3.05) is 32.1 Å². The Labute approximate surface area is 220 Å². The van der Waals surface area contributed by atoms with Crippen molar-refractivity contribution in [2.45, 2.75) is 39.2 Å². The van der Waals surface area contributed by atoms with Gasteiger partial charge in [-0.15, -0.1) is 12.4 Å². The van der Waals surface area contributed by atoms with Gasteiger partial charge >= 0.3 is 0 Å². The van der Waals surface area contributed by atoms with Crippen LogP contribution >= 0.6 is 24.0 Å². The summed E-state index contributed by atoms with van der Waals surface area (Å²) in [6, 6.07) is 23.0. The second kappa shape index (κ2) is 13.0. The molecule has 0 radical (unpaired) electrons. The van der Waals surface area contributed by atoms with Gasteiger partial charge in [0, 0.05) is 21.8 Å². The van der Waals surface area contributed by atoms with Gasteiger partial charge < -0.3 is 15.0 Å². The van der Waals surface area contributed by atoms with E-state index in [2.05, 4.69) is 66.5 Å². The van der Waals surface area contributed by atoms with Crippen LogP contribution < -0.4 is 10.1 Å². The first-order chi connectivity index (χ1) is 16.6. The number of methoxy groups -OCH3 is 1. The minimum Gasteiger partial charge on any atom is -0.497 e. The molecule has 0 fully saturated rings. The fraction of sp³-hybridized carbons (Fsp3) is 0.345. The Bertz CT molecular complexity index is 1230. The molecule has 6 heteroatoms. The predicted octanol–water partition coefficient (Wildman–Crippen LogP) is 7.62. The van der Waals surface area contributed by atoms with Crippen LogP contribution in [0.5, 0.6) is 5.75 Å². The van der Waals surface area contributed by atoms with E-state index in [4.69, 9.17) is 21.3 Å². The number of nitrogens with zero attached hydrogens (tertiary/aromatic N) is 2. The lowest BCUT2D eigenvalue weighted by Gasteiger charge is -2.24. The lowest BCUT2D eigenvalue weighted by Crippen LogP contribution is -2.27. The lowest BCUT2D eigenvalue weighted by molar-refractivity contribution is 0.294. The Balaban J connectivity index is 0.00000342. The molecular weight excluding hydrogens is 477 g/mol. The molecule has 0 aliphatic heterocycles. The molecule has 1 heterocycles. The molecule has 3 aromatic carbocycles. The number of fused-ring (bicyclic) bond motifs is 2. The van der Waals surface area contributed by atoms with Crippen LogP contribution in [-0.2, 0) is 6.42 Å². The first-order valence-electron chi connectivity index (χ1n) is 12.2. The molecule has 0 spiro atoms. The van der Waals surface area contributed by atoms with E-state index < -0.39 is 0 Å². The molecule has 1 unspecified atom stereocenters. The van der Waals surface area contributed by atoms with Crippen molar-refractivity contribution in [3.05, 3.63) is 77.3 Å². The maximum atomic E-state index is 6.32. The van der Waals surface area contributed by atoms with E-state index in [0.29, 0.717) is 5.02 Å². The zero-order valence-electron chi connectivity index (χ0n) is 20.8. The van der Waals surface area contributed by atoms with E-state index in [0.717, 1.165) is 72.1 Å². The fourth-order valence-electron chi connectivity index (χ4n) is 4.61. The first kappa shape index (κ1) is 27.1. The molecule has 0 saturated carbocycles. The summed E-state index contributed by atoms with van der Waals surface area (Å²) in [6.45, 7) is 7.76. The lowest BCUT2D eigenvalue weighted by atomic mass is 9.99. The summed E-state index contributed by atoms with van der Waals surface area (Å²) in [7, 11) is 1.70. The van der Waals surface area contributed by atoms with E-state index in [1.807, 2.05) is 24.3 Å². The molecule has 4 aromatic rings. The first-order valence-corrected chi connectivity index (χ1v) is 12.6. The zero-order chi connectivity index (χ0) is 23.9. The van der Waals surface area contributed by atoms with Gasteiger partial charge in [0.1, 0.15) is 5.75 Å². The molecular formula is C29H35Cl2N3O. The summed E-state index contributed by atoms with van der Waals surface area (Å²) in [6.07, 6.45) is 3.18. The van der Waals surface area contributed by atoms with E-state index in [9.17, 15) is 0 Å². The Morgan fingerprint density at radius 3 is 2.43 bits per heavy atom. The topological polar surface area (TPSA) is 37.4 Å². The van der Waals surface area contributed by atoms with E-state index in [1.54, 1.807) is 7.11 Å². The highest BCUT2D eigenvalue weighted by molar-refractivity contribution is 6.31. The molecule has 186 valence electrons. The Morgan fingerprint density at radius 1 is 0.943 bits per heavy atom. The standard InChI is InChI=1S/C29H34ClN3O.ClH/c1-4-33(5-2)17-9-12-23(18-21-10-7-6-8-11-21)31-29-25-15-13-22(30)19-28(25)32-27-16-14-24(34-3)20-26(27)29;/h6-8,10-11,13-16,19-20,23H,4-5,9,12,17-18H2,1-3H3,(H,31,32);1H. The minimum absolute atomic E-state index is 0. The number of aromatic nitrogens is 1. The number of hydrogen-bond acceptors (Lipinski definition) is 4. The minimum atomic E-state index is 0. The molecule has 1 N–H and O–H groups in total. The summed E-state index contributed by atoms with van der Waals surface area (Å²) in [5, 5.41) is 6.77. The van der Waals surface area contributed by atoms with Crippen LogP contribution in [0.1, 0.15) is 32.3 Å². The third kappa shape index (κ3) is 6.78. The summed E-state index contributed by atoms with van der Waals surface area (Å²) >= 11 is 6.32. The van der Waals surface area contributed by atoms with Gasteiger partial charge in [0.15, 0.2) is 0 Å². The Kier molecular flexibility index (Phi) is 10.0. The van der Waals surface area contributed by atoms with Crippen LogP contribution in [0.15, 0.2) is 66.7 Å². The molecule has 0 aliphatic carbocycles. The van der Waals surface area contributed by atoms with Gasteiger partial charge in [-0.25, -0.2) is 4.98 Å². The molecule has 1 atom stereocenters. The summed E-state index contributed by atoms with van der Waals surface area (Å²) in [5.41, 5.74) is 4.26. The van der Waals surface area contributed by atoms with Gasteiger partial charge in [-0.1, -0.05) is 55.8 Å². The highest BCUT2D eigenvalue weighted by Gasteiger charge is 2.16. The van der Waals surface area contributed by atoms with Crippen molar-refractivity contribution in [3.8, 4) is 5.75 Å². The van der Waals surface area contributed by atoms with Crippen LogP contribution in [0.3, 0.4) is 0 Å². The second-order valence-corrected chi connectivity index (χ2v) is 9.17. The average molecular weight is 513 g/mol. The van der Waals surface area contributed by atoms with Crippen LogP contribution in [0.2, 0.25) is 5.02 Å². The number of halogens is 2. The number of nitrogens with one attached hydrogen (secondary N) is 1. The van der Waals surface area contributed by atoms with Crippen molar-refractivity contribution in [2.24, 2.45) is 0 Å². The summed E-state index contributed by atoms with van der Waals surface area (Å²) in [4.78, 5) is 7.38. The molecule has 0 saturated heterocycles. The highest BCUT2D eigenvalue weighted by atomic mass is 35.5. The molecule has 35 heavy (non-hydrogen) atoms. The van der Waals surface area contributed by atoms with E-state index >= 15 is 0 Å². The number of anilines is 1. The molecule has 0 amide bonds. The maximum absolute atomic E-state index is 6.32. The van der Waals surface area contributed by atoms with Crippen LogP contribution in [0.25, 0.3) is 21.8 Å². The van der Waals surface area contributed by atoms with Crippen LogP contribution in [-0.4, -0.2) is 42.7 Å². The Morgan fingerprint density at radius 2 is 1.71 bits per heavy atom. The Hall–Kier alpha value is -2.53. The highest BCUT2D eigenvalue weighted by Crippen LogP contribution is 2.35. The van der Waals surface area contributed by atoms with Gasteiger partial charge in [-0.05, 0) is 80.9 Å². The molecule has 4 rings (SSSR count). The third-order valence-corrected chi connectivity index (χ3v) is 6.77. The average Bonchev–Trinajstić information content (AvgIpc) is 2.86. The normalized spacial score (nSPS) is 12.0. The predicted molar refractivity (Wildman–Crippen MR) is 153 cm³/mol. The maximum Gasteiger partial charge on any atom is 0.119 e. The van der Waals surface area contributed by atoms with Crippen molar-refractivity contribution < 1.29 is 4.74 Å². The van der Waals surface area contributed by atoms with Crippen molar-refractivity contribution in [1.82, 2.24) is 9.88 Å². The van der Waals surface area contributed by atoms with Crippen LogP contribution in [0.4, 0.5) is 5.69 Å². The summed E-state index contributed by atoms with van der Waals surface area (Å²) < 4.78 is 5.54. The van der Waals surface area contributed by atoms with E-state index in [1.165, 1.54) is 5.56 Å². The molecule has 1 aromatic heterocycles. The molecule has 0 aliphatic rings. The molecule has 0 bridgehead atoms. The number of benzene rings is 3. The van der Waals surface area contributed by atoms with Gasteiger partial charge in [0.2, 0.25) is 0 Å². The van der Waals surface area contributed by atoms with Crippen molar-refractivity contribution in [3.63, 3.8) is 0 Å². The summed E-state index contributed by atoms with van der Waals surface area (Å²) in [5.74, 6) is 0.826. The number of pyridine rings is 1. The van der Waals surface area contributed by atoms with E-state index in [-0.39, 0.29) is 18.4 Å². The molecule has 4 nitrogen and oxygen atoms in total. The zero-order valence-corrected chi connectivity index (χ0v) is 22.3. The van der Waals surface area contributed by atoms with Crippen molar-refractivity contribution in [1.29, 1.82) is 0 Å². The largest absolute Gasteiger partial charge is 0.497 e. The smallest absolute Gasteiger partial charge is 0.119 e. The monoisotopic (exact) mass is 511 g/mol. The SMILES string of the molecule is CCN(CC)CCCC(Cc1ccccc1)Nc1c2ccc(Cl)cc2nc2ccc(OC)cc12.Cl. The van der Waals surface area contributed by atoms with Gasteiger partial charge in [-0.2, -0.15) is 0 Å². The number of ether oxygens (including phenoxy) is 1. The van der Waals surface area contributed by atoms with Crippen LogP contribution in [0, 0.1) is 0 Å².